The first kappa shape index (κ1) is 20.7. The van der Waals surface area contributed by atoms with Crippen LogP contribution in [-0.2, 0) is 10.0 Å². The first-order valence-electron chi connectivity index (χ1n) is 10.7. The Bertz CT molecular complexity index is 1350. The number of benzene rings is 2. The summed E-state index contributed by atoms with van der Waals surface area (Å²) in [6, 6.07) is 17.8. The van der Waals surface area contributed by atoms with Crippen LogP contribution in [0.3, 0.4) is 0 Å². The Labute approximate surface area is 187 Å². The molecule has 32 heavy (non-hydrogen) atoms. The van der Waals surface area contributed by atoms with Crippen molar-refractivity contribution in [3.8, 4) is 11.1 Å². The van der Waals surface area contributed by atoms with E-state index in [1.54, 1.807) is 6.20 Å². The molecule has 0 amide bonds. The SMILES string of the molecule is Cc1[nH]nc2ccc(-c3cncc(NC(CNS(=O)(=O)C4CC4)c4ccccc4)c3)cc12. The average molecular weight is 448 g/mol. The number of sulfonamides is 1. The second-order valence-corrected chi connectivity index (χ2v) is 10.3. The molecule has 8 heteroatoms. The van der Waals surface area contributed by atoms with Gasteiger partial charge >= 0.3 is 0 Å². The maximum absolute atomic E-state index is 12.4. The molecular weight excluding hydrogens is 422 g/mol. The summed E-state index contributed by atoms with van der Waals surface area (Å²) >= 11 is 0. The third-order valence-electron chi connectivity index (χ3n) is 5.81. The van der Waals surface area contributed by atoms with Crippen molar-refractivity contribution in [2.45, 2.75) is 31.1 Å². The number of anilines is 1. The van der Waals surface area contributed by atoms with Crippen LogP contribution in [0.1, 0.15) is 30.1 Å². The summed E-state index contributed by atoms with van der Waals surface area (Å²) in [4.78, 5) is 4.42. The van der Waals surface area contributed by atoms with Gasteiger partial charge in [0.2, 0.25) is 10.0 Å². The molecule has 0 aliphatic heterocycles. The molecule has 1 unspecified atom stereocenters. The van der Waals surface area contributed by atoms with Gasteiger partial charge in [0.1, 0.15) is 0 Å². The number of hydrogen-bond acceptors (Lipinski definition) is 5. The molecule has 1 fully saturated rings. The number of nitrogens with one attached hydrogen (secondary N) is 3. The third kappa shape index (κ3) is 4.37. The van der Waals surface area contributed by atoms with Crippen LogP contribution in [0.5, 0.6) is 0 Å². The summed E-state index contributed by atoms with van der Waals surface area (Å²) < 4.78 is 27.5. The van der Waals surface area contributed by atoms with Gasteiger partial charge in [-0.2, -0.15) is 5.10 Å². The number of aromatic nitrogens is 3. The highest BCUT2D eigenvalue weighted by molar-refractivity contribution is 7.90. The fourth-order valence-corrected chi connectivity index (χ4v) is 5.22. The quantitative estimate of drug-likeness (QED) is 0.376. The van der Waals surface area contributed by atoms with Crippen LogP contribution >= 0.6 is 0 Å². The Morgan fingerprint density at radius 2 is 1.88 bits per heavy atom. The zero-order valence-corrected chi connectivity index (χ0v) is 18.6. The highest BCUT2D eigenvalue weighted by Gasteiger charge is 2.35. The van der Waals surface area contributed by atoms with Crippen molar-refractivity contribution in [2.75, 3.05) is 11.9 Å². The maximum Gasteiger partial charge on any atom is 0.214 e. The van der Waals surface area contributed by atoms with E-state index in [4.69, 9.17) is 0 Å². The van der Waals surface area contributed by atoms with Crippen LogP contribution in [0.4, 0.5) is 5.69 Å². The highest BCUT2D eigenvalue weighted by atomic mass is 32.2. The zero-order valence-electron chi connectivity index (χ0n) is 17.7. The van der Waals surface area contributed by atoms with Crippen molar-refractivity contribution >= 4 is 26.6 Å². The number of fused-ring (bicyclic) bond motifs is 1. The summed E-state index contributed by atoms with van der Waals surface area (Å²) in [5, 5.41) is 11.6. The largest absolute Gasteiger partial charge is 0.376 e. The van der Waals surface area contributed by atoms with Crippen molar-refractivity contribution in [2.24, 2.45) is 0 Å². The Morgan fingerprint density at radius 1 is 1.06 bits per heavy atom. The van der Waals surface area contributed by atoms with Gasteiger partial charge in [-0.05, 0) is 49.1 Å². The van der Waals surface area contributed by atoms with Crippen molar-refractivity contribution in [1.29, 1.82) is 0 Å². The summed E-state index contributed by atoms with van der Waals surface area (Å²) in [5.41, 5.74) is 5.81. The Kier molecular flexibility index (Phi) is 5.40. The molecule has 1 saturated carbocycles. The van der Waals surface area contributed by atoms with Gasteiger partial charge in [-0.15, -0.1) is 0 Å². The monoisotopic (exact) mass is 447 g/mol. The van der Waals surface area contributed by atoms with E-state index >= 15 is 0 Å². The van der Waals surface area contributed by atoms with Gasteiger partial charge < -0.3 is 5.32 Å². The number of H-pyrrole nitrogens is 1. The standard InChI is InChI=1S/C24H25N5O2S/c1-16-22-12-18(7-10-23(22)29-28-16)19-11-20(14-25-13-19)27-24(17-5-3-2-4-6-17)15-26-32(30,31)21-8-9-21/h2-7,10-14,21,24,26-27H,8-9,15H2,1H3,(H,28,29). The fourth-order valence-electron chi connectivity index (χ4n) is 3.83. The average Bonchev–Trinajstić information content (AvgIpc) is 3.62. The van der Waals surface area contributed by atoms with Crippen molar-refractivity contribution in [3.63, 3.8) is 0 Å². The Hall–Kier alpha value is -3.23. The minimum atomic E-state index is -3.27. The van der Waals surface area contributed by atoms with Crippen LogP contribution in [0.2, 0.25) is 0 Å². The highest BCUT2D eigenvalue weighted by Crippen LogP contribution is 2.29. The number of nitrogens with zero attached hydrogens (tertiary/aromatic N) is 2. The molecule has 2 aromatic heterocycles. The predicted octanol–water partition coefficient (Wildman–Crippen LogP) is 4.17. The summed E-state index contributed by atoms with van der Waals surface area (Å²) in [5.74, 6) is 0. The molecule has 5 rings (SSSR count). The molecule has 0 spiro atoms. The van der Waals surface area contributed by atoms with Crippen molar-refractivity contribution in [1.82, 2.24) is 19.9 Å². The van der Waals surface area contributed by atoms with Crippen molar-refractivity contribution < 1.29 is 8.42 Å². The lowest BCUT2D eigenvalue weighted by Gasteiger charge is -2.21. The lowest BCUT2D eigenvalue weighted by molar-refractivity contribution is 0.574. The molecule has 3 N–H and O–H groups in total. The van der Waals surface area contributed by atoms with Crippen molar-refractivity contribution in [3.05, 3.63) is 78.2 Å². The molecule has 4 aromatic rings. The van der Waals surface area contributed by atoms with Gasteiger partial charge in [0.05, 0.1) is 22.5 Å². The van der Waals surface area contributed by atoms with Crippen LogP contribution < -0.4 is 10.0 Å². The van der Waals surface area contributed by atoms with E-state index in [2.05, 4.69) is 31.3 Å². The summed E-state index contributed by atoms with van der Waals surface area (Å²) in [7, 11) is -3.27. The minimum Gasteiger partial charge on any atom is -0.376 e. The van der Waals surface area contributed by atoms with E-state index in [9.17, 15) is 8.42 Å². The number of aryl methyl sites for hydroxylation is 1. The van der Waals surface area contributed by atoms with Crippen LogP contribution in [0, 0.1) is 6.92 Å². The summed E-state index contributed by atoms with van der Waals surface area (Å²) in [6.45, 7) is 2.27. The Morgan fingerprint density at radius 3 is 2.66 bits per heavy atom. The molecular formula is C24H25N5O2S. The second kappa shape index (κ2) is 8.37. The minimum absolute atomic E-state index is 0.222. The normalized spacial score (nSPS) is 15.0. The van der Waals surface area contributed by atoms with E-state index in [0.717, 1.165) is 51.8 Å². The first-order valence-corrected chi connectivity index (χ1v) is 12.2. The zero-order chi connectivity index (χ0) is 22.1. The lowest BCUT2D eigenvalue weighted by Crippen LogP contribution is -2.33. The molecule has 164 valence electrons. The molecule has 7 nitrogen and oxygen atoms in total. The third-order valence-corrected chi connectivity index (χ3v) is 7.73. The molecule has 2 heterocycles. The van der Waals surface area contributed by atoms with Gasteiger partial charge in [-0.3, -0.25) is 10.1 Å². The smallest absolute Gasteiger partial charge is 0.214 e. The van der Waals surface area contributed by atoms with Gasteiger partial charge in [0, 0.05) is 35.6 Å². The van der Waals surface area contributed by atoms with E-state index in [1.807, 2.05) is 61.7 Å². The number of rotatable bonds is 8. The summed E-state index contributed by atoms with van der Waals surface area (Å²) in [6.07, 6.45) is 5.07. The van der Waals surface area contributed by atoms with Crippen LogP contribution in [-0.4, -0.2) is 35.4 Å². The molecule has 0 bridgehead atoms. The second-order valence-electron chi connectivity index (χ2n) is 8.24. The molecule has 2 aromatic carbocycles. The van der Waals surface area contributed by atoms with Gasteiger partial charge in [-0.25, -0.2) is 13.1 Å². The number of pyridine rings is 1. The maximum atomic E-state index is 12.4. The molecule has 1 aliphatic rings. The van der Waals surface area contributed by atoms with Crippen LogP contribution in [0.15, 0.2) is 67.0 Å². The van der Waals surface area contributed by atoms with E-state index in [-0.39, 0.29) is 17.8 Å². The molecule has 0 saturated heterocycles. The van der Waals surface area contributed by atoms with Gasteiger partial charge in [0.15, 0.2) is 0 Å². The van der Waals surface area contributed by atoms with Gasteiger partial charge in [0.25, 0.3) is 0 Å². The first-order chi connectivity index (χ1) is 15.5. The van der Waals surface area contributed by atoms with Crippen LogP contribution in [0.25, 0.3) is 22.0 Å². The molecule has 0 radical (unpaired) electrons. The Balaban J connectivity index is 1.41. The van der Waals surface area contributed by atoms with E-state index < -0.39 is 10.0 Å². The molecule has 1 atom stereocenters. The molecule has 1 aliphatic carbocycles. The number of aromatic amines is 1. The fraction of sp³-hybridized carbons (Fsp3) is 0.250. The van der Waals surface area contributed by atoms with E-state index in [1.165, 1.54) is 0 Å². The predicted molar refractivity (Wildman–Crippen MR) is 127 cm³/mol. The van der Waals surface area contributed by atoms with E-state index in [0.29, 0.717) is 0 Å². The lowest BCUT2D eigenvalue weighted by atomic mass is 10.0. The topological polar surface area (TPSA) is 99.8 Å². The van der Waals surface area contributed by atoms with Gasteiger partial charge in [-0.1, -0.05) is 36.4 Å². The number of hydrogen-bond donors (Lipinski definition) is 3.